The summed E-state index contributed by atoms with van der Waals surface area (Å²) in [6, 6.07) is 1.15. The number of hydrogen-bond acceptors (Lipinski definition) is 4. The van der Waals surface area contributed by atoms with Crippen molar-refractivity contribution < 1.29 is 4.79 Å². The van der Waals surface area contributed by atoms with Gasteiger partial charge in [0.05, 0.1) is 0 Å². The lowest BCUT2D eigenvalue weighted by atomic mass is 10.1. The topological polar surface area (TPSA) is 61.6 Å². The van der Waals surface area contributed by atoms with E-state index in [4.69, 9.17) is 5.84 Å². The van der Waals surface area contributed by atoms with Gasteiger partial charge in [0, 0.05) is 44.7 Å². The predicted octanol–water partition coefficient (Wildman–Crippen LogP) is 0.561. The summed E-state index contributed by atoms with van der Waals surface area (Å²) in [5, 5.41) is 0. The minimum absolute atomic E-state index is 0.0694. The van der Waals surface area contributed by atoms with E-state index >= 15 is 0 Å². The van der Waals surface area contributed by atoms with E-state index in [-0.39, 0.29) is 5.91 Å². The zero-order valence-electron chi connectivity index (χ0n) is 12.0. The second-order valence-electron chi connectivity index (χ2n) is 5.28. The molecule has 1 amide bonds. The van der Waals surface area contributed by atoms with Gasteiger partial charge in [-0.3, -0.25) is 20.0 Å². The Morgan fingerprint density at radius 3 is 2.11 bits per heavy atom. The van der Waals surface area contributed by atoms with Crippen LogP contribution < -0.4 is 11.3 Å². The van der Waals surface area contributed by atoms with Gasteiger partial charge < -0.3 is 0 Å². The number of hydrogen-bond donors (Lipinski definition) is 2. The summed E-state index contributed by atoms with van der Waals surface area (Å²) >= 11 is 0. The molecular weight excluding hydrogens is 228 g/mol. The van der Waals surface area contributed by atoms with Gasteiger partial charge in [-0.1, -0.05) is 6.92 Å². The van der Waals surface area contributed by atoms with Gasteiger partial charge in [0.15, 0.2) is 0 Å². The van der Waals surface area contributed by atoms with Crippen LogP contribution in [0.15, 0.2) is 0 Å². The summed E-state index contributed by atoms with van der Waals surface area (Å²) in [4.78, 5) is 16.1. The lowest BCUT2D eigenvalue weighted by Crippen LogP contribution is -2.52. The van der Waals surface area contributed by atoms with Crippen molar-refractivity contribution in [2.45, 2.75) is 52.1 Å². The minimum Gasteiger partial charge on any atom is -0.298 e. The molecule has 1 saturated heterocycles. The number of carbonyl (C=O) groups excluding carboxylic acids is 1. The third-order valence-electron chi connectivity index (χ3n) is 4.14. The SMILES string of the molecule is CCC(C)N1CCN(C(C)CCC(=O)NN)CC1. The molecule has 5 nitrogen and oxygen atoms in total. The molecule has 0 spiro atoms. The third kappa shape index (κ3) is 4.55. The summed E-state index contributed by atoms with van der Waals surface area (Å²) in [7, 11) is 0. The Labute approximate surface area is 111 Å². The molecule has 0 aliphatic carbocycles. The lowest BCUT2D eigenvalue weighted by Gasteiger charge is -2.40. The Morgan fingerprint density at radius 2 is 1.67 bits per heavy atom. The average Bonchev–Trinajstić information content (AvgIpc) is 2.43. The Morgan fingerprint density at radius 1 is 1.17 bits per heavy atom. The van der Waals surface area contributed by atoms with Crippen LogP contribution in [0.25, 0.3) is 0 Å². The monoisotopic (exact) mass is 256 g/mol. The van der Waals surface area contributed by atoms with Gasteiger partial charge in [-0.15, -0.1) is 0 Å². The highest BCUT2D eigenvalue weighted by atomic mass is 16.2. The first kappa shape index (κ1) is 15.4. The molecule has 3 N–H and O–H groups in total. The summed E-state index contributed by atoms with van der Waals surface area (Å²) in [6.07, 6.45) is 2.61. The maximum absolute atomic E-state index is 11.1. The van der Waals surface area contributed by atoms with Crippen LogP contribution in [-0.2, 0) is 4.79 Å². The summed E-state index contributed by atoms with van der Waals surface area (Å²) < 4.78 is 0. The Bertz CT molecular complexity index is 251. The van der Waals surface area contributed by atoms with Crippen molar-refractivity contribution in [1.82, 2.24) is 15.2 Å². The van der Waals surface area contributed by atoms with Crippen LogP contribution in [0, 0.1) is 0 Å². The molecule has 1 rings (SSSR count). The van der Waals surface area contributed by atoms with E-state index in [1.165, 1.54) is 6.42 Å². The predicted molar refractivity (Wildman–Crippen MR) is 73.9 cm³/mol. The van der Waals surface area contributed by atoms with Crippen molar-refractivity contribution >= 4 is 5.91 Å². The van der Waals surface area contributed by atoms with Crippen LogP contribution in [0.2, 0.25) is 0 Å². The molecule has 0 radical (unpaired) electrons. The van der Waals surface area contributed by atoms with Crippen LogP contribution in [0.5, 0.6) is 0 Å². The molecule has 0 saturated carbocycles. The molecule has 2 unspecified atom stereocenters. The van der Waals surface area contributed by atoms with Crippen LogP contribution in [-0.4, -0.2) is 54.0 Å². The molecule has 1 fully saturated rings. The third-order valence-corrected chi connectivity index (χ3v) is 4.14. The van der Waals surface area contributed by atoms with E-state index in [9.17, 15) is 4.79 Å². The van der Waals surface area contributed by atoms with Gasteiger partial charge in [0.2, 0.25) is 5.91 Å². The van der Waals surface area contributed by atoms with Crippen LogP contribution in [0.1, 0.15) is 40.0 Å². The van der Waals surface area contributed by atoms with E-state index in [1.54, 1.807) is 0 Å². The molecule has 0 aromatic carbocycles. The van der Waals surface area contributed by atoms with E-state index in [0.717, 1.165) is 32.6 Å². The fourth-order valence-corrected chi connectivity index (χ4v) is 2.47. The molecule has 5 heteroatoms. The Hall–Kier alpha value is -0.650. The number of amides is 1. The number of rotatable bonds is 6. The van der Waals surface area contributed by atoms with E-state index in [2.05, 4.69) is 36.0 Å². The van der Waals surface area contributed by atoms with Crippen molar-refractivity contribution in [3.63, 3.8) is 0 Å². The lowest BCUT2D eigenvalue weighted by molar-refractivity contribution is -0.121. The molecule has 0 aromatic heterocycles. The zero-order valence-corrected chi connectivity index (χ0v) is 12.0. The van der Waals surface area contributed by atoms with Gasteiger partial charge in [0.25, 0.3) is 0 Å². The van der Waals surface area contributed by atoms with Gasteiger partial charge in [-0.05, 0) is 26.7 Å². The highest BCUT2D eigenvalue weighted by Crippen LogP contribution is 2.13. The highest BCUT2D eigenvalue weighted by Gasteiger charge is 2.23. The number of nitrogens with zero attached hydrogens (tertiary/aromatic N) is 2. The Balaban J connectivity index is 2.27. The van der Waals surface area contributed by atoms with Crippen LogP contribution >= 0.6 is 0 Å². The van der Waals surface area contributed by atoms with Gasteiger partial charge in [-0.2, -0.15) is 0 Å². The molecule has 1 heterocycles. The second-order valence-corrected chi connectivity index (χ2v) is 5.28. The summed E-state index contributed by atoms with van der Waals surface area (Å²) in [5.74, 6) is 5.01. The smallest absolute Gasteiger partial charge is 0.233 e. The molecule has 18 heavy (non-hydrogen) atoms. The molecule has 2 atom stereocenters. The van der Waals surface area contributed by atoms with Crippen molar-refractivity contribution in [2.75, 3.05) is 26.2 Å². The van der Waals surface area contributed by atoms with Crippen molar-refractivity contribution in [2.24, 2.45) is 5.84 Å². The summed E-state index contributed by atoms with van der Waals surface area (Å²) in [5.41, 5.74) is 2.19. The second kappa shape index (κ2) is 7.71. The normalized spacial score (nSPS) is 21.6. The minimum atomic E-state index is -0.0694. The molecular formula is C13H28N4O. The van der Waals surface area contributed by atoms with Crippen molar-refractivity contribution in [3.05, 3.63) is 0 Å². The van der Waals surface area contributed by atoms with Crippen LogP contribution in [0.4, 0.5) is 0 Å². The first-order valence-electron chi connectivity index (χ1n) is 7.06. The fraction of sp³-hybridized carbons (Fsp3) is 0.923. The first-order valence-corrected chi connectivity index (χ1v) is 7.06. The standard InChI is InChI=1S/C13H28N4O/c1-4-11(2)16-7-9-17(10-8-16)12(3)5-6-13(18)15-14/h11-12H,4-10,14H2,1-3H3,(H,15,18). The van der Waals surface area contributed by atoms with E-state index < -0.39 is 0 Å². The number of piperazine rings is 1. The number of hydrazine groups is 1. The zero-order chi connectivity index (χ0) is 13.5. The Kier molecular flexibility index (Phi) is 6.60. The number of nitrogens with one attached hydrogen (secondary N) is 1. The summed E-state index contributed by atoms with van der Waals surface area (Å²) in [6.45, 7) is 11.2. The molecule has 1 aliphatic heterocycles. The highest BCUT2D eigenvalue weighted by molar-refractivity contribution is 5.75. The molecule has 0 aromatic rings. The van der Waals surface area contributed by atoms with E-state index in [1.807, 2.05) is 0 Å². The van der Waals surface area contributed by atoms with Crippen LogP contribution in [0.3, 0.4) is 0 Å². The van der Waals surface area contributed by atoms with Gasteiger partial charge >= 0.3 is 0 Å². The van der Waals surface area contributed by atoms with Crippen molar-refractivity contribution in [3.8, 4) is 0 Å². The molecule has 1 aliphatic rings. The average molecular weight is 256 g/mol. The fourth-order valence-electron chi connectivity index (χ4n) is 2.47. The largest absolute Gasteiger partial charge is 0.298 e. The maximum Gasteiger partial charge on any atom is 0.233 e. The number of carbonyl (C=O) groups is 1. The number of nitrogens with two attached hydrogens (primary N) is 1. The molecule has 0 bridgehead atoms. The van der Waals surface area contributed by atoms with Gasteiger partial charge in [0.1, 0.15) is 0 Å². The van der Waals surface area contributed by atoms with E-state index in [0.29, 0.717) is 18.5 Å². The maximum atomic E-state index is 11.1. The molecule has 106 valence electrons. The quantitative estimate of drug-likeness (QED) is 0.414. The van der Waals surface area contributed by atoms with Crippen molar-refractivity contribution in [1.29, 1.82) is 0 Å². The first-order chi connectivity index (χ1) is 8.58. The van der Waals surface area contributed by atoms with Gasteiger partial charge in [-0.25, -0.2) is 5.84 Å².